The van der Waals surface area contributed by atoms with Crippen molar-refractivity contribution in [1.29, 1.82) is 0 Å². The topological polar surface area (TPSA) is 81.9 Å². The van der Waals surface area contributed by atoms with Crippen molar-refractivity contribution in [1.82, 2.24) is 19.4 Å². The van der Waals surface area contributed by atoms with Gasteiger partial charge in [-0.05, 0) is 43.1 Å². The molecule has 0 aliphatic heterocycles. The van der Waals surface area contributed by atoms with Crippen LogP contribution in [-0.2, 0) is 7.05 Å². The van der Waals surface area contributed by atoms with Crippen molar-refractivity contribution < 1.29 is 9.53 Å². The van der Waals surface area contributed by atoms with Gasteiger partial charge in [-0.1, -0.05) is 16.6 Å². The standard InChI is InChI=1S/C16H17N5O2S/c1-9-13(11-5-7-12(23-4)8-6-11)15(21(3)19-9)17-16(22)14-10(2)18-20-24-14/h5-8H,1-4H3,(H,17,22). The molecule has 0 aliphatic carbocycles. The molecular formula is C16H17N5O2S. The molecule has 1 N–H and O–H groups in total. The first-order chi connectivity index (χ1) is 11.5. The van der Waals surface area contributed by atoms with Gasteiger partial charge in [-0.2, -0.15) is 5.10 Å². The lowest BCUT2D eigenvalue weighted by Crippen LogP contribution is -2.15. The minimum atomic E-state index is -0.236. The van der Waals surface area contributed by atoms with E-state index in [0.717, 1.165) is 34.1 Å². The van der Waals surface area contributed by atoms with Crippen LogP contribution in [0.5, 0.6) is 5.75 Å². The molecule has 2 heterocycles. The molecule has 1 aromatic carbocycles. The van der Waals surface area contributed by atoms with Gasteiger partial charge < -0.3 is 10.1 Å². The molecule has 0 unspecified atom stereocenters. The number of anilines is 1. The number of aryl methyl sites for hydroxylation is 3. The maximum Gasteiger partial charge on any atom is 0.270 e. The molecule has 3 aromatic rings. The summed E-state index contributed by atoms with van der Waals surface area (Å²) >= 11 is 1.08. The second-order valence-corrected chi connectivity index (χ2v) is 6.06. The SMILES string of the molecule is COc1ccc(-c2c(C)nn(C)c2NC(=O)c2snnc2C)cc1. The molecule has 7 nitrogen and oxygen atoms in total. The number of amides is 1. The molecular weight excluding hydrogens is 326 g/mol. The fourth-order valence-corrected chi connectivity index (χ4v) is 3.06. The summed E-state index contributed by atoms with van der Waals surface area (Å²) in [5, 5.41) is 11.2. The number of hydrogen-bond donors (Lipinski definition) is 1. The van der Waals surface area contributed by atoms with Gasteiger partial charge in [0.1, 0.15) is 16.4 Å². The predicted octanol–water partition coefficient (Wildman–Crippen LogP) is 2.82. The van der Waals surface area contributed by atoms with E-state index in [1.54, 1.807) is 25.8 Å². The van der Waals surface area contributed by atoms with E-state index in [9.17, 15) is 4.79 Å². The number of aromatic nitrogens is 4. The molecule has 2 aromatic heterocycles. The van der Waals surface area contributed by atoms with Gasteiger partial charge in [0.2, 0.25) is 0 Å². The molecule has 24 heavy (non-hydrogen) atoms. The van der Waals surface area contributed by atoms with Gasteiger partial charge in [-0.15, -0.1) is 5.10 Å². The predicted molar refractivity (Wildman–Crippen MR) is 92.5 cm³/mol. The fraction of sp³-hybridized carbons (Fsp3) is 0.250. The summed E-state index contributed by atoms with van der Waals surface area (Å²) in [6.07, 6.45) is 0. The lowest BCUT2D eigenvalue weighted by atomic mass is 10.1. The van der Waals surface area contributed by atoms with Gasteiger partial charge in [-0.25, -0.2) is 0 Å². The van der Waals surface area contributed by atoms with Crippen LogP contribution >= 0.6 is 11.5 Å². The van der Waals surface area contributed by atoms with Crippen LogP contribution < -0.4 is 10.1 Å². The van der Waals surface area contributed by atoms with Crippen LogP contribution in [0.4, 0.5) is 5.82 Å². The van der Waals surface area contributed by atoms with E-state index in [1.165, 1.54) is 0 Å². The van der Waals surface area contributed by atoms with Crippen molar-refractivity contribution >= 4 is 23.3 Å². The highest BCUT2D eigenvalue weighted by Crippen LogP contribution is 2.32. The first-order valence-electron chi connectivity index (χ1n) is 7.29. The lowest BCUT2D eigenvalue weighted by Gasteiger charge is -2.09. The van der Waals surface area contributed by atoms with Crippen LogP contribution in [0.15, 0.2) is 24.3 Å². The average Bonchev–Trinajstić information content (AvgIpc) is 3.11. The Morgan fingerprint density at radius 3 is 2.50 bits per heavy atom. The van der Waals surface area contributed by atoms with Gasteiger partial charge in [0.25, 0.3) is 5.91 Å². The third-order valence-electron chi connectivity index (χ3n) is 3.69. The van der Waals surface area contributed by atoms with E-state index in [1.807, 2.05) is 31.2 Å². The molecule has 0 saturated heterocycles. The summed E-state index contributed by atoms with van der Waals surface area (Å²) < 4.78 is 10.7. The zero-order chi connectivity index (χ0) is 17.3. The number of methoxy groups -OCH3 is 1. The molecule has 8 heteroatoms. The summed E-state index contributed by atoms with van der Waals surface area (Å²) in [6.45, 7) is 3.67. The Hall–Kier alpha value is -2.74. The number of rotatable bonds is 4. The Balaban J connectivity index is 1.99. The highest BCUT2D eigenvalue weighted by molar-refractivity contribution is 7.08. The molecule has 1 amide bonds. The van der Waals surface area contributed by atoms with Gasteiger partial charge in [0.05, 0.1) is 18.5 Å². The van der Waals surface area contributed by atoms with E-state index in [4.69, 9.17) is 4.74 Å². The monoisotopic (exact) mass is 343 g/mol. The molecule has 0 fully saturated rings. The van der Waals surface area contributed by atoms with Gasteiger partial charge in [0, 0.05) is 12.6 Å². The minimum Gasteiger partial charge on any atom is -0.497 e. The zero-order valence-corrected chi connectivity index (χ0v) is 14.6. The highest BCUT2D eigenvalue weighted by atomic mass is 32.1. The van der Waals surface area contributed by atoms with Crippen molar-refractivity contribution in [3.05, 3.63) is 40.5 Å². The van der Waals surface area contributed by atoms with Crippen molar-refractivity contribution in [3.8, 4) is 16.9 Å². The maximum atomic E-state index is 12.5. The minimum absolute atomic E-state index is 0.236. The van der Waals surface area contributed by atoms with Gasteiger partial charge in [-0.3, -0.25) is 9.48 Å². The summed E-state index contributed by atoms with van der Waals surface area (Å²) in [6, 6.07) is 7.64. The fourth-order valence-electron chi connectivity index (χ4n) is 2.51. The van der Waals surface area contributed by atoms with Crippen LogP contribution in [0.1, 0.15) is 21.1 Å². The van der Waals surface area contributed by atoms with Crippen molar-refractivity contribution in [2.24, 2.45) is 7.05 Å². The number of carbonyl (C=O) groups excluding carboxylic acids is 1. The second-order valence-electron chi connectivity index (χ2n) is 5.30. The molecule has 0 radical (unpaired) electrons. The normalized spacial score (nSPS) is 10.7. The van der Waals surface area contributed by atoms with E-state index in [0.29, 0.717) is 16.4 Å². The van der Waals surface area contributed by atoms with Crippen LogP contribution in [0, 0.1) is 13.8 Å². The number of nitrogens with zero attached hydrogens (tertiary/aromatic N) is 4. The molecule has 0 saturated carbocycles. The molecule has 0 atom stereocenters. The summed E-state index contributed by atoms with van der Waals surface area (Å²) in [5.41, 5.74) is 3.28. The highest BCUT2D eigenvalue weighted by Gasteiger charge is 2.20. The first-order valence-corrected chi connectivity index (χ1v) is 8.07. The average molecular weight is 343 g/mol. The molecule has 124 valence electrons. The van der Waals surface area contributed by atoms with Crippen molar-refractivity contribution in [2.75, 3.05) is 12.4 Å². The quantitative estimate of drug-likeness (QED) is 0.788. The van der Waals surface area contributed by atoms with E-state index in [-0.39, 0.29) is 5.91 Å². The van der Waals surface area contributed by atoms with Crippen LogP contribution in [-0.4, -0.2) is 32.4 Å². The number of benzene rings is 1. The summed E-state index contributed by atoms with van der Waals surface area (Å²) in [5.74, 6) is 1.17. The Labute approximate surface area is 143 Å². The van der Waals surface area contributed by atoms with E-state index < -0.39 is 0 Å². The number of ether oxygens (including phenoxy) is 1. The van der Waals surface area contributed by atoms with Crippen LogP contribution in [0.2, 0.25) is 0 Å². The van der Waals surface area contributed by atoms with Crippen molar-refractivity contribution in [2.45, 2.75) is 13.8 Å². The molecule has 0 aliphatic rings. The second kappa shape index (κ2) is 6.40. The van der Waals surface area contributed by atoms with E-state index in [2.05, 4.69) is 20.0 Å². The number of carbonyl (C=O) groups is 1. The van der Waals surface area contributed by atoms with Crippen LogP contribution in [0.3, 0.4) is 0 Å². The van der Waals surface area contributed by atoms with E-state index >= 15 is 0 Å². The van der Waals surface area contributed by atoms with Gasteiger partial charge in [0.15, 0.2) is 0 Å². The summed E-state index contributed by atoms with van der Waals surface area (Å²) in [7, 11) is 3.43. The Bertz CT molecular complexity index is 883. The smallest absolute Gasteiger partial charge is 0.270 e. The zero-order valence-electron chi connectivity index (χ0n) is 13.8. The Kier molecular flexibility index (Phi) is 4.30. The molecule has 0 spiro atoms. The molecule has 3 rings (SSSR count). The number of nitrogens with one attached hydrogen (secondary N) is 1. The largest absolute Gasteiger partial charge is 0.497 e. The van der Waals surface area contributed by atoms with Crippen LogP contribution in [0.25, 0.3) is 11.1 Å². The Morgan fingerprint density at radius 1 is 1.21 bits per heavy atom. The molecule has 0 bridgehead atoms. The van der Waals surface area contributed by atoms with Gasteiger partial charge >= 0.3 is 0 Å². The Morgan fingerprint density at radius 2 is 1.92 bits per heavy atom. The number of hydrogen-bond acceptors (Lipinski definition) is 6. The third kappa shape index (κ3) is 2.88. The summed E-state index contributed by atoms with van der Waals surface area (Å²) in [4.78, 5) is 13.0. The third-order valence-corrected chi connectivity index (χ3v) is 4.52. The lowest BCUT2D eigenvalue weighted by molar-refractivity contribution is 0.102. The van der Waals surface area contributed by atoms with Crippen molar-refractivity contribution in [3.63, 3.8) is 0 Å². The maximum absolute atomic E-state index is 12.5. The first kappa shape index (κ1) is 16.1.